The van der Waals surface area contributed by atoms with Crippen LogP contribution >= 0.6 is 0 Å². The first-order valence-corrected chi connectivity index (χ1v) is 14.0. The van der Waals surface area contributed by atoms with Gasteiger partial charge in [-0.15, -0.1) is 0 Å². The highest BCUT2D eigenvalue weighted by Crippen LogP contribution is 2.55. The number of amides is 2. The van der Waals surface area contributed by atoms with E-state index in [0.29, 0.717) is 30.0 Å². The first kappa shape index (κ1) is 29.3. The van der Waals surface area contributed by atoms with Crippen LogP contribution in [0.15, 0.2) is 60.7 Å². The SMILES string of the molecule is COC(=O)[C@@]1(Cc2ccc(OC)cc2)C2c3cc(C(=O)N(C)C)n(CC(O)CO)c3CC2CN1C(=O)c1ccccc1. The molecule has 2 N–H and O–H groups in total. The van der Waals surface area contributed by atoms with Crippen molar-refractivity contribution in [3.05, 3.63) is 88.7 Å². The highest BCUT2D eigenvalue weighted by Gasteiger charge is 2.64. The van der Waals surface area contributed by atoms with Gasteiger partial charge in [-0.05, 0) is 53.8 Å². The van der Waals surface area contributed by atoms with Gasteiger partial charge in [0.2, 0.25) is 0 Å². The zero-order valence-corrected chi connectivity index (χ0v) is 24.3. The van der Waals surface area contributed by atoms with Crippen molar-refractivity contribution in [3.63, 3.8) is 0 Å². The van der Waals surface area contributed by atoms with Crippen molar-refractivity contribution in [2.75, 3.05) is 41.5 Å². The second-order valence-electron chi connectivity index (χ2n) is 11.2. The summed E-state index contributed by atoms with van der Waals surface area (Å²) in [6, 6.07) is 18.1. The van der Waals surface area contributed by atoms with Gasteiger partial charge in [-0.2, -0.15) is 0 Å². The number of fused-ring (bicyclic) bond motifs is 3. The van der Waals surface area contributed by atoms with Crippen LogP contribution in [0.5, 0.6) is 5.75 Å². The number of likely N-dealkylation sites (tertiary alicyclic amines) is 1. The Bertz CT molecular complexity index is 1470. The lowest BCUT2D eigenvalue weighted by Gasteiger charge is -2.40. The van der Waals surface area contributed by atoms with E-state index in [-0.39, 0.29) is 30.7 Å². The first-order valence-electron chi connectivity index (χ1n) is 14.0. The van der Waals surface area contributed by atoms with Crippen molar-refractivity contribution in [3.8, 4) is 5.75 Å². The predicted molar refractivity (Wildman–Crippen MR) is 154 cm³/mol. The second kappa shape index (κ2) is 11.6. The Morgan fingerprint density at radius 3 is 2.36 bits per heavy atom. The van der Waals surface area contributed by atoms with Gasteiger partial charge in [-0.1, -0.05) is 30.3 Å². The molecule has 2 aromatic carbocycles. The lowest BCUT2D eigenvalue weighted by molar-refractivity contribution is -0.153. The summed E-state index contributed by atoms with van der Waals surface area (Å²) in [6.07, 6.45) is -0.403. The molecular formula is C32H37N3O7. The lowest BCUT2D eigenvalue weighted by Crippen LogP contribution is -2.58. The molecular weight excluding hydrogens is 538 g/mol. The summed E-state index contributed by atoms with van der Waals surface area (Å²) < 4.78 is 12.6. The van der Waals surface area contributed by atoms with Crippen LogP contribution in [0.2, 0.25) is 0 Å². The zero-order chi connectivity index (χ0) is 30.2. The number of hydrogen-bond acceptors (Lipinski definition) is 7. The summed E-state index contributed by atoms with van der Waals surface area (Å²) in [5.41, 5.74) is 1.82. The first-order chi connectivity index (χ1) is 20.2. The lowest BCUT2D eigenvalue weighted by atomic mass is 9.75. The van der Waals surface area contributed by atoms with Crippen LogP contribution in [-0.4, -0.2) is 95.5 Å². The zero-order valence-electron chi connectivity index (χ0n) is 24.3. The van der Waals surface area contributed by atoms with E-state index >= 15 is 0 Å². The quantitative estimate of drug-likeness (QED) is 0.375. The molecule has 222 valence electrons. The maximum atomic E-state index is 14.1. The maximum Gasteiger partial charge on any atom is 0.332 e. The Hall–Kier alpha value is -4.15. The van der Waals surface area contributed by atoms with E-state index in [1.807, 2.05) is 30.3 Å². The summed E-state index contributed by atoms with van der Waals surface area (Å²) >= 11 is 0. The molecule has 0 spiro atoms. The number of aliphatic hydroxyl groups is 2. The fourth-order valence-corrected chi connectivity index (χ4v) is 6.74. The van der Waals surface area contributed by atoms with Gasteiger partial charge in [-0.3, -0.25) is 9.59 Å². The number of benzene rings is 2. The van der Waals surface area contributed by atoms with Crippen LogP contribution in [0.4, 0.5) is 0 Å². The third-order valence-electron chi connectivity index (χ3n) is 8.58. The standard InChI is InChI=1S/C32H37N3O7/c1-33(2)30(39)27-15-25-26(34(27)18-23(37)19-36)14-22-17-35(29(38)21-8-6-5-7-9-21)32(28(22)25,31(40)42-4)16-20-10-12-24(41-3)13-11-20/h5-13,15,22-23,28,36-37H,14,16-19H2,1-4H3/t22?,23?,28?,32-/m1/s1. The number of rotatable bonds is 9. The molecule has 2 amide bonds. The minimum Gasteiger partial charge on any atom is -0.497 e. The molecule has 10 nitrogen and oxygen atoms in total. The number of aromatic nitrogens is 1. The number of ether oxygens (including phenoxy) is 2. The minimum atomic E-state index is -1.41. The highest BCUT2D eigenvalue weighted by atomic mass is 16.5. The van der Waals surface area contributed by atoms with E-state index in [4.69, 9.17) is 9.47 Å². The molecule has 3 unspecified atom stereocenters. The maximum absolute atomic E-state index is 14.1. The van der Waals surface area contributed by atoms with Crippen LogP contribution in [0.1, 0.15) is 43.6 Å². The summed E-state index contributed by atoms with van der Waals surface area (Å²) in [5.74, 6) is -1.02. The van der Waals surface area contributed by atoms with Crippen molar-refractivity contribution in [2.45, 2.75) is 36.9 Å². The molecule has 42 heavy (non-hydrogen) atoms. The Morgan fingerprint density at radius 1 is 1.07 bits per heavy atom. The van der Waals surface area contributed by atoms with Crippen LogP contribution < -0.4 is 4.74 Å². The second-order valence-corrected chi connectivity index (χ2v) is 11.2. The third kappa shape index (κ3) is 4.84. The minimum absolute atomic E-state index is 0.0244. The van der Waals surface area contributed by atoms with E-state index in [1.54, 1.807) is 61.0 Å². The van der Waals surface area contributed by atoms with Gasteiger partial charge in [0, 0.05) is 44.2 Å². The molecule has 1 fully saturated rings. The van der Waals surface area contributed by atoms with Gasteiger partial charge >= 0.3 is 5.97 Å². The molecule has 3 aromatic rings. The topological polar surface area (TPSA) is 122 Å². The molecule has 5 rings (SSSR count). The number of aliphatic hydroxyl groups excluding tert-OH is 2. The molecule has 4 atom stereocenters. The highest BCUT2D eigenvalue weighted by molar-refractivity contribution is 6.00. The van der Waals surface area contributed by atoms with Crippen molar-refractivity contribution < 1.29 is 34.1 Å². The van der Waals surface area contributed by atoms with Crippen molar-refractivity contribution in [1.82, 2.24) is 14.4 Å². The van der Waals surface area contributed by atoms with Gasteiger partial charge in [0.1, 0.15) is 11.4 Å². The molecule has 1 saturated heterocycles. The van der Waals surface area contributed by atoms with E-state index < -0.39 is 30.1 Å². The average molecular weight is 576 g/mol. The largest absolute Gasteiger partial charge is 0.497 e. The molecule has 1 aromatic heterocycles. The average Bonchev–Trinajstić information content (AvgIpc) is 3.64. The van der Waals surface area contributed by atoms with Gasteiger partial charge in [-0.25, -0.2) is 4.79 Å². The summed E-state index contributed by atoms with van der Waals surface area (Å²) in [5, 5.41) is 20.0. The van der Waals surface area contributed by atoms with E-state index in [0.717, 1.165) is 16.8 Å². The molecule has 1 aliphatic heterocycles. The smallest absolute Gasteiger partial charge is 0.332 e. The van der Waals surface area contributed by atoms with Gasteiger partial charge in [0.05, 0.1) is 33.5 Å². The monoisotopic (exact) mass is 575 g/mol. The number of methoxy groups -OCH3 is 2. The Kier molecular flexibility index (Phi) is 8.12. The normalized spacial score (nSPS) is 21.4. The Labute approximate surface area is 245 Å². The van der Waals surface area contributed by atoms with Gasteiger partial charge in [0.25, 0.3) is 11.8 Å². The van der Waals surface area contributed by atoms with Crippen molar-refractivity contribution in [1.29, 1.82) is 0 Å². The van der Waals surface area contributed by atoms with Crippen LogP contribution in [0, 0.1) is 5.92 Å². The number of carbonyl (C=O) groups is 3. The van der Waals surface area contributed by atoms with Crippen molar-refractivity contribution in [2.24, 2.45) is 5.92 Å². The molecule has 0 radical (unpaired) electrons. The van der Waals surface area contributed by atoms with Crippen molar-refractivity contribution >= 4 is 17.8 Å². The van der Waals surface area contributed by atoms with Gasteiger partial charge in [0.15, 0.2) is 5.54 Å². The molecule has 2 aliphatic rings. The molecule has 2 heterocycles. The van der Waals surface area contributed by atoms with Crippen LogP contribution in [0.3, 0.4) is 0 Å². The van der Waals surface area contributed by atoms with Gasteiger partial charge < -0.3 is 34.1 Å². The molecule has 0 saturated carbocycles. The predicted octanol–water partition coefficient (Wildman–Crippen LogP) is 2.12. The molecule has 1 aliphatic carbocycles. The van der Waals surface area contributed by atoms with E-state index in [9.17, 15) is 24.6 Å². The Balaban J connectivity index is 1.70. The fourth-order valence-electron chi connectivity index (χ4n) is 6.74. The van der Waals surface area contributed by atoms with E-state index in [2.05, 4.69) is 0 Å². The summed E-state index contributed by atoms with van der Waals surface area (Å²) in [7, 11) is 6.21. The number of esters is 1. The third-order valence-corrected chi connectivity index (χ3v) is 8.58. The Morgan fingerprint density at radius 2 is 1.76 bits per heavy atom. The molecule has 10 heteroatoms. The van der Waals surface area contributed by atoms with Crippen LogP contribution in [-0.2, 0) is 28.9 Å². The summed E-state index contributed by atoms with van der Waals surface area (Å²) in [6.45, 7) is -0.132. The van der Waals surface area contributed by atoms with E-state index in [1.165, 1.54) is 12.0 Å². The number of hydrogen-bond donors (Lipinski definition) is 2. The van der Waals surface area contributed by atoms with Crippen LogP contribution in [0.25, 0.3) is 0 Å². The molecule has 0 bridgehead atoms. The summed E-state index contributed by atoms with van der Waals surface area (Å²) in [4.78, 5) is 44.7. The fraction of sp³-hybridized carbons (Fsp3) is 0.406. The number of carbonyl (C=O) groups excluding carboxylic acids is 3. The number of nitrogens with zero attached hydrogens (tertiary/aromatic N) is 3.